The fourth-order valence-corrected chi connectivity index (χ4v) is 2.12. The van der Waals surface area contributed by atoms with Gasteiger partial charge in [0.05, 0.1) is 25.4 Å². The van der Waals surface area contributed by atoms with E-state index in [0.29, 0.717) is 17.1 Å². The van der Waals surface area contributed by atoms with Crippen molar-refractivity contribution in [2.45, 2.75) is 53.8 Å². The molecule has 144 valence electrons. The Morgan fingerprint density at radius 3 is 1.92 bits per heavy atom. The zero-order valence-corrected chi connectivity index (χ0v) is 16.3. The molecule has 0 radical (unpaired) electrons. The third-order valence-corrected chi connectivity index (χ3v) is 3.01. The standard InChI is InChI=1S/C20H28O6/c1-7-23-19(21)17(20(22)24-8-2)12-15-11-16(25-13(3)4)9-10-18(15)26-14(5)6/h9-14H,7-8H2,1-6H3. The van der Waals surface area contributed by atoms with Gasteiger partial charge in [0.25, 0.3) is 0 Å². The predicted octanol–water partition coefficient (Wildman–Crippen LogP) is 3.77. The SMILES string of the molecule is CCOC(=O)C(=Cc1cc(OC(C)C)ccc1OC(C)C)C(=O)OCC. The summed E-state index contributed by atoms with van der Waals surface area (Å²) in [4.78, 5) is 24.4. The highest BCUT2D eigenvalue weighted by molar-refractivity contribution is 6.17. The van der Waals surface area contributed by atoms with Gasteiger partial charge in [0.2, 0.25) is 0 Å². The van der Waals surface area contributed by atoms with Gasteiger partial charge in [-0.05, 0) is 65.8 Å². The number of esters is 2. The van der Waals surface area contributed by atoms with Crippen LogP contribution in [0.15, 0.2) is 23.8 Å². The van der Waals surface area contributed by atoms with Crippen molar-refractivity contribution in [1.82, 2.24) is 0 Å². The molecule has 0 heterocycles. The van der Waals surface area contributed by atoms with Crippen LogP contribution in [0, 0.1) is 0 Å². The Labute approximate surface area is 155 Å². The zero-order valence-electron chi connectivity index (χ0n) is 16.3. The second-order valence-electron chi connectivity index (χ2n) is 6.03. The molecule has 26 heavy (non-hydrogen) atoms. The number of carbonyl (C=O) groups excluding carboxylic acids is 2. The molecule has 0 atom stereocenters. The van der Waals surface area contributed by atoms with Crippen molar-refractivity contribution in [3.63, 3.8) is 0 Å². The number of hydrogen-bond donors (Lipinski definition) is 0. The van der Waals surface area contributed by atoms with Crippen LogP contribution >= 0.6 is 0 Å². The van der Waals surface area contributed by atoms with Gasteiger partial charge in [0, 0.05) is 5.56 Å². The Kier molecular flexibility index (Phi) is 8.68. The molecule has 0 spiro atoms. The van der Waals surface area contributed by atoms with Crippen LogP contribution in [0.5, 0.6) is 11.5 Å². The monoisotopic (exact) mass is 364 g/mol. The van der Waals surface area contributed by atoms with E-state index in [2.05, 4.69) is 0 Å². The molecular weight excluding hydrogens is 336 g/mol. The first kappa shape index (κ1) is 21.5. The lowest BCUT2D eigenvalue weighted by molar-refractivity contribution is -0.146. The Hall–Kier alpha value is -2.50. The Balaban J connectivity index is 3.40. The first-order valence-corrected chi connectivity index (χ1v) is 8.81. The van der Waals surface area contributed by atoms with Crippen molar-refractivity contribution in [1.29, 1.82) is 0 Å². The van der Waals surface area contributed by atoms with Crippen LogP contribution in [0.3, 0.4) is 0 Å². The van der Waals surface area contributed by atoms with Crippen molar-refractivity contribution in [3.05, 3.63) is 29.3 Å². The molecular formula is C20H28O6. The molecule has 0 aliphatic carbocycles. The number of carbonyl (C=O) groups is 2. The van der Waals surface area contributed by atoms with Crippen LogP contribution in [-0.4, -0.2) is 37.4 Å². The summed E-state index contributed by atoms with van der Waals surface area (Å²) in [6, 6.07) is 5.25. The minimum Gasteiger partial charge on any atom is -0.491 e. The van der Waals surface area contributed by atoms with Gasteiger partial charge in [-0.2, -0.15) is 0 Å². The Bertz CT molecular complexity index is 626. The first-order chi connectivity index (χ1) is 12.3. The van der Waals surface area contributed by atoms with E-state index in [-0.39, 0.29) is 31.0 Å². The second kappa shape index (κ2) is 10.5. The average Bonchev–Trinajstić information content (AvgIpc) is 2.54. The van der Waals surface area contributed by atoms with Gasteiger partial charge in [-0.1, -0.05) is 0 Å². The molecule has 0 bridgehead atoms. The van der Waals surface area contributed by atoms with E-state index in [1.54, 1.807) is 32.0 Å². The summed E-state index contributed by atoms with van der Waals surface area (Å²) in [5.74, 6) is -0.343. The fourth-order valence-electron chi connectivity index (χ4n) is 2.12. The normalized spacial score (nSPS) is 10.5. The van der Waals surface area contributed by atoms with Gasteiger partial charge in [-0.15, -0.1) is 0 Å². The maximum absolute atomic E-state index is 12.2. The molecule has 1 aromatic carbocycles. The van der Waals surface area contributed by atoms with Crippen LogP contribution in [0.1, 0.15) is 47.1 Å². The van der Waals surface area contributed by atoms with Crippen molar-refractivity contribution >= 4 is 18.0 Å². The number of ether oxygens (including phenoxy) is 4. The van der Waals surface area contributed by atoms with Crippen molar-refractivity contribution < 1.29 is 28.5 Å². The Morgan fingerprint density at radius 2 is 1.46 bits per heavy atom. The lowest BCUT2D eigenvalue weighted by atomic mass is 10.1. The highest BCUT2D eigenvalue weighted by Gasteiger charge is 2.22. The van der Waals surface area contributed by atoms with Crippen LogP contribution in [-0.2, 0) is 19.1 Å². The van der Waals surface area contributed by atoms with E-state index >= 15 is 0 Å². The topological polar surface area (TPSA) is 71.1 Å². The van der Waals surface area contributed by atoms with Gasteiger partial charge in [-0.25, -0.2) is 9.59 Å². The molecule has 0 unspecified atom stereocenters. The average molecular weight is 364 g/mol. The summed E-state index contributed by atoms with van der Waals surface area (Å²) < 4.78 is 21.4. The van der Waals surface area contributed by atoms with E-state index in [4.69, 9.17) is 18.9 Å². The zero-order chi connectivity index (χ0) is 19.7. The van der Waals surface area contributed by atoms with Crippen molar-refractivity contribution in [2.75, 3.05) is 13.2 Å². The molecule has 0 aromatic heterocycles. The van der Waals surface area contributed by atoms with Crippen LogP contribution in [0.4, 0.5) is 0 Å². The highest BCUT2D eigenvalue weighted by atomic mass is 16.6. The molecule has 6 heteroatoms. The van der Waals surface area contributed by atoms with Gasteiger partial charge < -0.3 is 18.9 Å². The molecule has 0 N–H and O–H groups in total. The third kappa shape index (κ3) is 6.78. The van der Waals surface area contributed by atoms with Crippen molar-refractivity contribution in [2.24, 2.45) is 0 Å². The van der Waals surface area contributed by atoms with Crippen LogP contribution in [0.25, 0.3) is 6.08 Å². The minimum atomic E-state index is -0.739. The fraction of sp³-hybridized carbons (Fsp3) is 0.500. The minimum absolute atomic E-state index is 0.0155. The quantitative estimate of drug-likeness (QED) is 0.287. The smallest absolute Gasteiger partial charge is 0.345 e. The molecule has 0 aliphatic rings. The maximum Gasteiger partial charge on any atom is 0.345 e. The molecule has 0 saturated heterocycles. The molecule has 0 saturated carbocycles. The van der Waals surface area contributed by atoms with Crippen LogP contribution in [0.2, 0.25) is 0 Å². The summed E-state index contributed by atoms with van der Waals surface area (Å²) in [6.45, 7) is 11.3. The lowest BCUT2D eigenvalue weighted by Gasteiger charge is -2.16. The van der Waals surface area contributed by atoms with E-state index in [1.807, 2.05) is 27.7 Å². The molecule has 1 aromatic rings. The number of hydrogen-bond acceptors (Lipinski definition) is 6. The van der Waals surface area contributed by atoms with E-state index in [9.17, 15) is 9.59 Å². The summed E-state index contributed by atoms with van der Waals surface area (Å²) in [6.07, 6.45) is 1.33. The molecule has 1 rings (SSSR count). The maximum atomic E-state index is 12.2. The van der Waals surface area contributed by atoms with Crippen molar-refractivity contribution in [3.8, 4) is 11.5 Å². The van der Waals surface area contributed by atoms with Gasteiger partial charge in [-0.3, -0.25) is 0 Å². The van der Waals surface area contributed by atoms with Gasteiger partial charge in [0.1, 0.15) is 17.1 Å². The van der Waals surface area contributed by atoms with Gasteiger partial charge in [0.15, 0.2) is 0 Å². The van der Waals surface area contributed by atoms with E-state index < -0.39 is 11.9 Å². The summed E-state index contributed by atoms with van der Waals surface area (Å²) in [5, 5.41) is 0. The summed E-state index contributed by atoms with van der Waals surface area (Å²) in [5.41, 5.74) is 0.344. The Morgan fingerprint density at radius 1 is 0.923 bits per heavy atom. The van der Waals surface area contributed by atoms with Crippen LogP contribution < -0.4 is 9.47 Å². The highest BCUT2D eigenvalue weighted by Crippen LogP contribution is 2.28. The number of rotatable bonds is 9. The summed E-state index contributed by atoms with van der Waals surface area (Å²) >= 11 is 0. The molecule has 6 nitrogen and oxygen atoms in total. The van der Waals surface area contributed by atoms with E-state index in [0.717, 1.165) is 0 Å². The second-order valence-corrected chi connectivity index (χ2v) is 6.03. The third-order valence-electron chi connectivity index (χ3n) is 3.01. The summed E-state index contributed by atoms with van der Waals surface area (Å²) in [7, 11) is 0. The predicted molar refractivity (Wildman–Crippen MR) is 99.2 cm³/mol. The molecule has 0 aliphatic heterocycles. The largest absolute Gasteiger partial charge is 0.491 e. The molecule has 0 amide bonds. The molecule has 0 fully saturated rings. The van der Waals surface area contributed by atoms with Gasteiger partial charge >= 0.3 is 11.9 Å². The first-order valence-electron chi connectivity index (χ1n) is 8.81. The number of benzene rings is 1. The lowest BCUT2D eigenvalue weighted by Crippen LogP contribution is -2.18. The van der Waals surface area contributed by atoms with E-state index in [1.165, 1.54) is 6.08 Å².